The minimum absolute atomic E-state index is 0.00611. The lowest BCUT2D eigenvalue weighted by molar-refractivity contribution is 0.0177. The number of hydrogen-bond acceptors (Lipinski definition) is 4. The van der Waals surface area contributed by atoms with Crippen LogP contribution in [-0.2, 0) is 9.47 Å². The second kappa shape index (κ2) is 2.62. The number of hydrogen-bond donors (Lipinski definition) is 2. The van der Waals surface area contributed by atoms with E-state index in [0.717, 1.165) is 0 Å². The van der Waals surface area contributed by atoms with Crippen LogP contribution in [0.1, 0.15) is 0 Å². The van der Waals surface area contributed by atoms with Crippen molar-refractivity contribution in [3.63, 3.8) is 0 Å². The van der Waals surface area contributed by atoms with Crippen LogP contribution in [-0.4, -0.2) is 17.6 Å². The molecule has 0 aromatic rings. The van der Waals surface area contributed by atoms with E-state index in [1.54, 1.807) is 6.08 Å². The first-order valence-electron chi connectivity index (χ1n) is 3.60. The third kappa shape index (κ3) is 1.04. The van der Waals surface area contributed by atoms with Crippen molar-refractivity contribution in [3.8, 4) is 0 Å². The highest BCUT2D eigenvalue weighted by molar-refractivity contribution is 6.34. The molecule has 6 heteroatoms. The minimum atomic E-state index is -1.37. The van der Waals surface area contributed by atoms with E-state index in [0.29, 0.717) is 5.70 Å². The average molecular weight is 223 g/mol. The summed E-state index contributed by atoms with van der Waals surface area (Å²) in [6.07, 6.45) is 3.08. The Balaban J connectivity index is 2.53. The summed E-state index contributed by atoms with van der Waals surface area (Å²) in [5.74, 6) is 0. The maximum absolute atomic E-state index is 6.04. The van der Waals surface area contributed by atoms with Crippen molar-refractivity contribution >= 4 is 23.2 Å². The molecule has 4 N–H and O–H groups in total. The first kappa shape index (κ1) is 9.30. The molecule has 0 aromatic heterocycles. The molecule has 2 aliphatic rings. The van der Waals surface area contributed by atoms with Crippen LogP contribution < -0.4 is 11.5 Å². The standard InChI is InChI=1S/C7H8Cl2N2O2/c8-5-4(10)1-2-6(9)7(5,11)13-3-12-6/h1-2H,3,10-11H2. The lowest BCUT2D eigenvalue weighted by atomic mass is 10.00. The second-order valence-electron chi connectivity index (χ2n) is 2.89. The van der Waals surface area contributed by atoms with Crippen molar-refractivity contribution in [1.29, 1.82) is 0 Å². The molecule has 2 rings (SSSR count). The van der Waals surface area contributed by atoms with Crippen LogP contribution in [0, 0.1) is 0 Å². The van der Waals surface area contributed by atoms with E-state index in [2.05, 4.69) is 0 Å². The van der Waals surface area contributed by atoms with Gasteiger partial charge in [0.2, 0.25) is 10.8 Å². The van der Waals surface area contributed by atoms with Crippen LogP contribution in [0.15, 0.2) is 22.9 Å². The number of fused-ring (bicyclic) bond motifs is 1. The average Bonchev–Trinajstić information content (AvgIpc) is 2.39. The molecule has 13 heavy (non-hydrogen) atoms. The molecule has 2 atom stereocenters. The van der Waals surface area contributed by atoms with Gasteiger partial charge in [0.05, 0.1) is 10.7 Å². The van der Waals surface area contributed by atoms with Gasteiger partial charge in [0, 0.05) is 0 Å². The molecule has 1 aliphatic heterocycles. The number of ether oxygens (including phenoxy) is 2. The smallest absolute Gasteiger partial charge is 0.210 e. The fourth-order valence-corrected chi connectivity index (χ4v) is 1.85. The van der Waals surface area contributed by atoms with E-state index in [9.17, 15) is 0 Å². The van der Waals surface area contributed by atoms with Gasteiger partial charge in [-0.2, -0.15) is 0 Å². The SMILES string of the molecule is NC1=C(Cl)C2(N)OCOC2(Cl)C=C1. The highest BCUT2D eigenvalue weighted by atomic mass is 35.5. The lowest BCUT2D eigenvalue weighted by Gasteiger charge is -2.35. The van der Waals surface area contributed by atoms with Gasteiger partial charge in [0.1, 0.15) is 0 Å². The number of nitrogens with two attached hydrogens (primary N) is 2. The number of halogens is 2. The van der Waals surface area contributed by atoms with E-state index < -0.39 is 10.8 Å². The van der Waals surface area contributed by atoms with Gasteiger partial charge in [-0.05, 0) is 12.2 Å². The summed E-state index contributed by atoms with van der Waals surface area (Å²) in [5.41, 5.74) is 10.4. The topological polar surface area (TPSA) is 70.5 Å². The fraction of sp³-hybridized carbons (Fsp3) is 0.429. The van der Waals surface area contributed by atoms with Crippen LogP contribution in [0.25, 0.3) is 0 Å². The molecule has 0 amide bonds. The van der Waals surface area contributed by atoms with Crippen molar-refractivity contribution in [2.24, 2.45) is 11.5 Å². The number of allylic oxidation sites excluding steroid dienone is 1. The molecule has 0 bridgehead atoms. The van der Waals surface area contributed by atoms with Crippen molar-refractivity contribution in [2.75, 3.05) is 6.79 Å². The molecule has 72 valence electrons. The van der Waals surface area contributed by atoms with E-state index in [-0.39, 0.29) is 11.8 Å². The molecule has 2 unspecified atom stereocenters. The molecular weight excluding hydrogens is 215 g/mol. The van der Waals surface area contributed by atoms with Crippen molar-refractivity contribution in [3.05, 3.63) is 22.9 Å². The number of rotatable bonds is 0. The molecule has 4 nitrogen and oxygen atoms in total. The Morgan fingerprint density at radius 2 is 2.15 bits per heavy atom. The maximum Gasteiger partial charge on any atom is 0.210 e. The molecule has 1 aliphatic carbocycles. The Bertz CT molecular complexity index is 318. The Kier molecular flexibility index (Phi) is 1.87. The van der Waals surface area contributed by atoms with Gasteiger partial charge < -0.3 is 15.2 Å². The Morgan fingerprint density at radius 1 is 1.46 bits per heavy atom. The van der Waals surface area contributed by atoms with Crippen LogP contribution in [0.4, 0.5) is 0 Å². The van der Waals surface area contributed by atoms with Crippen LogP contribution in [0.2, 0.25) is 0 Å². The zero-order valence-corrected chi connectivity index (χ0v) is 8.10. The van der Waals surface area contributed by atoms with Gasteiger partial charge in [-0.15, -0.1) is 0 Å². The highest BCUT2D eigenvalue weighted by Crippen LogP contribution is 2.46. The van der Waals surface area contributed by atoms with E-state index in [4.69, 9.17) is 44.1 Å². The van der Waals surface area contributed by atoms with E-state index in [1.807, 2.05) is 0 Å². The second-order valence-corrected chi connectivity index (χ2v) is 3.83. The zero-order chi connectivity index (χ0) is 9.69. The first-order chi connectivity index (χ1) is 6.00. The van der Waals surface area contributed by atoms with Crippen LogP contribution >= 0.6 is 23.2 Å². The molecule has 0 radical (unpaired) electrons. The van der Waals surface area contributed by atoms with Crippen molar-refractivity contribution in [2.45, 2.75) is 10.8 Å². The Hall–Kier alpha value is -0.260. The quantitative estimate of drug-likeness (QED) is 0.588. The molecule has 0 spiro atoms. The molecule has 1 saturated heterocycles. The fourth-order valence-electron chi connectivity index (χ4n) is 1.28. The summed E-state index contributed by atoms with van der Waals surface area (Å²) >= 11 is 11.9. The zero-order valence-electron chi connectivity index (χ0n) is 6.59. The third-order valence-corrected chi connectivity index (χ3v) is 3.13. The number of alkyl halides is 1. The summed E-state index contributed by atoms with van der Waals surface area (Å²) in [5, 5.41) is -1.07. The largest absolute Gasteiger partial charge is 0.398 e. The first-order valence-corrected chi connectivity index (χ1v) is 4.36. The Morgan fingerprint density at radius 3 is 2.85 bits per heavy atom. The lowest BCUT2D eigenvalue weighted by Crippen LogP contribution is -2.56. The van der Waals surface area contributed by atoms with E-state index in [1.165, 1.54) is 6.08 Å². The molecule has 1 heterocycles. The predicted molar refractivity (Wildman–Crippen MR) is 48.7 cm³/mol. The minimum Gasteiger partial charge on any atom is -0.398 e. The highest BCUT2D eigenvalue weighted by Gasteiger charge is 2.57. The predicted octanol–water partition coefficient (Wildman–Crippen LogP) is 0.560. The molecular formula is C7H8Cl2N2O2. The van der Waals surface area contributed by atoms with Gasteiger partial charge in [-0.25, -0.2) is 0 Å². The normalized spacial score (nSPS) is 43.9. The summed E-state index contributed by atoms with van der Waals surface area (Å²) < 4.78 is 10.3. The van der Waals surface area contributed by atoms with Crippen molar-refractivity contribution in [1.82, 2.24) is 0 Å². The van der Waals surface area contributed by atoms with Crippen LogP contribution in [0.5, 0.6) is 0 Å². The maximum atomic E-state index is 6.04. The molecule has 0 saturated carbocycles. The van der Waals surface area contributed by atoms with E-state index >= 15 is 0 Å². The monoisotopic (exact) mass is 222 g/mol. The Labute approximate surface area is 85.1 Å². The molecule has 1 fully saturated rings. The van der Waals surface area contributed by atoms with Crippen LogP contribution in [0.3, 0.4) is 0 Å². The summed E-state index contributed by atoms with van der Waals surface area (Å²) in [4.78, 5) is 0. The third-order valence-electron chi connectivity index (χ3n) is 2.12. The van der Waals surface area contributed by atoms with Gasteiger partial charge in [-0.1, -0.05) is 23.2 Å². The summed E-state index contributed by atoms with van der Waals surface area (Å²) in [7, 11) is 0. The van der Waals surface area contributed by atoms with Crippen molar-refractivity contribution < 1.29 is 9.47 Å². The summed E-state index contributed by atoms with van der Waals surface area (Å²) in [6.45, 7) is -0.00611. The van der Waals surface area contributed by atoms with Gasteiger partial charge in [-0.3, -0.25) is 5.73 Å². The van der Waals surface area contributed by atoms with Gasteiger partial charge in [0.15, 0.2) is 6.79 Å². The van der Waals surface area contributed by atoms with Gasteiger partial charge >= 0.3 is 0 Å². The van der Waals surface area contributed by atoms with Gasteiger partial charge in [0.25, 0.3) is 0 Å². The molecule has 0 aromatic carbocycles. The summed E-state index contributed by atoms with van der Waals surface area (Å²) in [6, 6.07) is 0.